The molecule has 2 saturated heterocycles. The van der Waals surface area contributed by atoms with Gasteiger partial charge in [0.25, 0.3) is 0 Å². The van der Waals surface area contributed by atoms with Gasteiger partial charge in [0.05, 0.1) is 11.7 Å². The van der Waals surface area contributed by atoms with Gasteiger partial charge in [-0.3, -0.25) is 10.4 Å². The Bertz CT molecular complexity index is 863. The summed E-state index contributed by atoms with van der Waals surface area (Å²) in [4.78, 5) is 19.1. The summed E-state index contributed by atoms with van der Waals surface area (Å²) in [6, 6.07) is 14.6. The number of hydrogen-bond acceptors (Lipinski definition) is 4. The van der Waals surface area contributed by atoms with Gasteiger partial charge in [-0.15, -0.1) is 0 Å². The first-order valence-corrected chi connectivity index (χ1v) is 10.3. The standard InChI is InChI=1S/C21H24ClN5O/c22-15-5-3-4-13(8-15)11-27-12-14-9-16-19(10-18(14)24-21(27)28)25-26-20(16)17-6-1-2-7-23-17/h1-8,14,16,18-20,25-26H,9-12H2,(H,24,28). The molecule has 3 aliphatic rings. The van der Waals surface area contributed by atoms with Gasteiger partial charge >= 0.3 is 6.03 Å². The highest BCUT2D eigenvalue weighted by molar-refractivity contribution is 6.30. The van der Waals surface area contributed by atoms with Crippen LogP contribution in [0.4, 0.5) is 4.79 Å². The molecule has 2 aromatic rings. The number of aromatic nitrogens is 1. The third-order valence-corrected chi connectivity index (χ3v) is 6.58. The zero-order chi connectivity index (χ0) is 19.1. The number of halogens is 1. The number of hydrazine groups is 1. The van der Waals surface area contributed by atoms with E-state index in [-0.39, 0.29) is 18.1 Å². The minimum absolute atomic E-state index is 0.0203. The fraction of sp³-hybridized carbons (Fsp3) is 0.429. The topological polar surface area (TPSA) is 69.3 Å². The zero-order valence-corrected chi connectivity index (χ0v) is 16.3. The van der Waals surface area contributed by atoms with E-state index in [9.17, 15) is 4.79 Å². The highest BCUT2D eigenvalue weighted by atomic mass is 35.5. The lowest BCUT2D eigenvalue weighted by Crippen LogP contribution is -2.60. The maximum Gasteiger partial charge on any atom is 0.317 e. The molecule has 3 fully saturated rings. The highest BCUT2D eigenvalue weighted by Gasteiger charge is 2.47. The monoisotopic (exact) mass is 397 g/mol. The maximum absolute atomic E-state index is 12.7. The number of nitrogens with zero attached hydrogens (tertiary/aromatic N) is 2. The van der Waals surface area contributed by atoms with Crippen molar-refractivity contribution >= 4 is 17.6 Å². The Balaban J connectivity index is 1.31. The fourth-order valence-electron chi connectivity index (χ4n) is 5.00. The average molecular weight is 398 g/mol. The smallest absolute Gasteiger partial charge is 0.317 e. The van der Waals surface area contributed by atoms with E-state index in [0.29, 0.717) is 29.4 Å². The van der Waals surface area contributed by atoms with Crippen molar-refractivity contribution in [1.82, 2.24) is 26.1 Å². The number of rotatable bonds is 3. The van der Waals surface area contributed by atoms with Crippen molar-refractivity contribution in [3.05, 3.63) is 64.9 Å². The van der Waals surface area contributed by atoms with Gasteiger partial charge in [0, 0.05) is 36.4 Å². The predicted octanol–water partition coefficient (Wildman–Crippen LogP) is 2.87. The highest BCUT2D eigenvalue weighted by Crippen LogP contribution is 2.41. The van der Waals surface area contributed by atoms with Gasteiger partial charge in [-0.05, 0) is 54.5 Å². The lowest BCUT2D eigenvalue weighted by atomic mass is 9.71. The molecule has 1 aliphatic carbocycles. The van der Waals surface area contributed by atoms with Crippen molar-refractivity contribution in [3.63, 3.8) is 0 Å². The predicted molar refractivity (Wildman–Crippen MR) is 107 cm³/mol. The molecule has 1 aromatic heterocycles. The molecule has 5 atom stereocenters. The van der Waals surface area contributed by atoms with Crippen molar-refractivity contribution in [3.8, 4) is 0 Å². The van der Waals surface area contributed by atoms with Crippen molar-refractivity contribution in [2.75, 3.05) is 6.54 Å². The molecule has 7 heteroatoms. The van der Waals surface area contributed by atoms with Crippen LogP contribution in [0.5, 0.6) is 0 Å². The van der Waals surface area contributed by atoms with Crippen LogP contribution in [0.15, 0.2) is 48.7 Å². The lowest BCUT2D eigenvalue weighted by molar-refractivity contribution is 0.0959. The van der Waals surface area contributed by atoms with Crippen LogP contribution in [0.1, 0.15) is 30.1 Å². The van der Waals surface area contributed by atoms with Gasteiger partial charge in [-0.2, -0.15) is 0 Å². The van der Waals surface area contributed by atoms with Crippen LogP contribution in [0.2, 0.25) is 5.02 Å². The fourth-order valence-corrected chi connectivity index (χ4v) is 5.21. The molecule has 146 valence electrons. The minimum atomic E-state index is 0.0203. The first-order valence-electron chi connectivity index (χ1n) is 9.89. The summed E-state index contributed by atoms with van der Waals surface area (Å²) < 4.78 is 0. The number of urea groups is 1. The molecule has 3 N–H and O–H groups in total. The third kappa shape index (κ3) is 3.36. The second-order valence-corrected chi connectivity index (χ2v) is 8.53. The van der Waals surface area contributed by atoms with Crippen molar-refractivity contribution in [2.45, 2.75) is 37.5 Å². The summed E-state index contributed by atoms with van der Waals surface area (Å²) in [6.45, 7) is 1.37. The Kier molecular flexibility index (Phi) is 4.70. The normalized spacial score (nSPS) is 31.8. The Morgan fingerprint density at radius 2 is 2.04 bits per heavy atom. The summed E-state index contributed by atoms with van der Waals surface area (Å²) >= 11 is 6.11. The molecule has 3 heterocycles. The van der Waals surface area contributed by atoms with Gasteiger partial charge < -0.3 is 10.2 Å². The maximum atomic E-state index is 12.7. The quantitative estimate of drug-likeness (QED) is 0.744. The molecule has 6 nitrogen and oxygen atoms in total. The molecule has 1 aromatic carbocycles. The Labute approximate surface area is 169 Å². The summed E-state index contributed by atoms with van der Waals surface area (Å²) in [5.41, 5.74) is 9.02. The largest absolute Gasteiger partial charge is 0.335 e. The first kappa shape index (κ1) is 17.9. The van der Waals surface area contributed by atoms with E-state index in [1.165, 1.54) is 0 Å². The van der Waals surface area contributed by atoms with E-state index >= 15 is 0 Å². The van der Waals surface area contributed by atoms with E-state index in [0.717, 1.165) is 30.6 Å². The molecule has 2 aliphatic heterocycles. The molecular weight excluding hydrogens is 374 g/mol. The number of pyridine rings is 1. The second-order valence-electron chi connectivity index (χ2n) is 8.09. The molecule has 5 unspecified atom stereocenters. The molecule has 2 amide bonds. The van der Waals surface area contributed by atoms with Gasteiger partial charge in [0.1, 0.15) is 0 Å². The van der Waals surface area contributed by atoms with E-state index in [1.807, 2.05) is 47.5 Å². The third-order valence-electron chi connectivity index (χ3n) is 6.34. The van der Waals surface area contributed by atoms with Crippen molar-refractivity contribution < 1.29 is 4.79 Å². The SMILES string of the molecule is O=C1NC2CC3NNC(c4ccccn4)C3CC2CN1Cc1cccc(Cl)c1. The number of hydrogen-bond donors (Lipinski definition) is 3. The van der Waals surface area contributed by atoms with Crippen molar-refractivity contribution in [2.24, 2.45) is 11.8 Å². The molecule has 0 radical (unpaired) electrons. The van der Waals surface area contributed by atoms with Crippen LogP contribution in [0.25, 0.3) is 0 Å². The summed E-state index contributed by atoms with van der Waals surface area (Å²) in [7, 11) is 0. The van der Waals surface area contributed by atoms with E-state index in [1.54, 1.807) is 0 Å². The van der Waals surface area contributed by atoms with Crippen molar-refractivity contribution in [1.29, 1.82) is 0 Å². The Morgan fingerprint density at radius 1 is 1.11 bits per heavy atom. The van der Waals surface area contributed by atoms with E-state index < -0.39 is 0 Å². The van der Waals surface area contributed by atoms with Gasteiger partial charge in [-0.25, -0.2) is 10.2 Å². The number of carbonyl (C=O) groups is 1. The Hall–Kier alpha value is -2.15. The van der Waals surface area contributed by atoms with Gasteiger partial charge in [0.2, 0.25) is 0 Å². The van der Waals surface area contributed by atoms with Crippen LogP contribution in [-0.4, -0.2) is 34.5 Å². The number of carbonyl (C=O) groups excluding carboxylic acids is 1. The molecule has 0 bridgehead atoms. The molecule has 28 heavy (non-hydrogen) atoms. The van der Waals surface area contributed by atoms with E-state index in [4.69, 9.17) is 11.6 Å². The van der Waals surface area contributed by atoms with Gasteiger partial charge in [0.15, 0.2) is 0 Å². The van der Waals surface area contributed by atoms with Gasteiger partial charge in [-0.1, -0.05) is 29.8 Å². The first-order chi connectivity index (χ1) is 13.7. The number of amides is 2. The summed E-state index contributed by atoms with van der Waals surface area (Å²) in [5, 5.41) is 3.94. The summed E-state index contributed by atoms with van der Waals surface area (Å²) in [5.74, 6) is 0.908. The molecule has 0 spiro atoms. The number of nitrogens with one attached hydrogen (secondary N) is 3. The van der Waals surface area contributed by atoms with E-state index in [2.05, 4.69) is 27.2 Å². The average Bonchev–Trinajstić information content (AvgIpc) is 3.10. The Morgan fingerprint density at radius 3 is 2.86 bits per heavy atom. The van der Waals surface area contributed by atoms with Crippen LogP contribution < -0.4 is 16.2 Å². The van der Waals surface area contributed by atoms with Crippen LogP contribution in [0.3, 0.4) is 0 Å². The molecular formula is C21H24ClN5O. The van der Waals surface area contributed by atoms with Crippen LogP contribution in [0, 0.1) is 11.8 Å². The summed E-state index contributed by atoms with van der Waals surface area (Å²) in [6.07, 6.45) is 3.86. The number of fused-ring (bicyclic) bond motifs is 2. The number of benzene rings is 1. The van der Waals surface area contributed by atoms with Crippen LogP contribution in [-0.2, 0) is 6.54 Å². The lowest BCUT2D eigenvalue weighted by Gasteiger charge is -2.45. The second kappa shape index (κ2) is 7.35. The van der Waals surface area contributed by atoms with Crippen LogP contribution >= 0.6 is 11.6 Å². The minimum Gasteiger partial charge on any atom is -0.335 e. The zero-order valence-electron chi connectivity index (χ0n) is 15.5. The molecule has 1 saturated carbocycles. The molecule has 5 rings (SSSR count).